The molecule has 0 fully saturated rings. The number of esters is 2. The number of amides is 2. The minimum Gasteiger partial charge on any atom is -0.447 e. The summed E-state index contributed by atoms with van der Waals surface area (Å²) in [5.74, 6) is -2.29. The summed E-state index contributed by atoms with van der Waals surface area (Å²) in [5.41, 5.74) is 1.79. The zero-order chi connectivity index (χ0) is 24.5. The molecule has 0 spiro atoms. The average Bonchev–Trinajstić information content (AvgIpc) is 2.82. The number of anilines is 2. The predicted molar refractivity (Wildman–Crippen MR) is 126 cm³/mol. The van der Waals surface area contributed by atoms with Crippen LogP contribution in [0.25, 0.3) is 0 Å². The highest BCUT2D eigenvalue weighted by atomic mass is 16.6. The molecule has 2 amide bonds. The summed E-state index contributed by atoms with van der Waals surface area (Å²) < 4.78 is 10.4. The Bertz CT molecular complexity index is 1080. The summed E-state index contributed by atoms with van der Waals surface area (Å²) >= 11 is 0. The molecule has 174 valence electrons. The zero-order valence-corrected chi connectivity index (χ0v) is 18.7. The lowest BCUT2D eigenvalue weighted by Crippen LogP contribution is -2.26. The Labute approximate surface area is 196 Å². The minimum atomic E-state index is -1.14. The maximum absolute atomic E-state index is 12.9. The number of carbonyl (C=O) groups is 4. The van der Waals surface area contributed by atoms with Gasteiger partial charge in [0.1, 0.15) is 0 Å². The van der Waals surface area contributed by atoms with Gasteiger partial charge in [-0.15, -0.1) is 0 Å². The van der Waals surface area contributed by atoms with E-state index < -0.39 is 36.0 Å². The Hall–Kier alpha value is -4.46. The van der Waals surface area contributed by atoms with E-state index in [4.69, 9.17) is 9.47 Å². The van der Waals surface area contributed by atoms with Crippen molar-refractivity contribution in [2.45, 2.75) is 26.1 Å². The highest BCUT2D eigenvalue weighted by molar-refractivity contribution is 5.98. The van der Waals surface area contributed by atoms with E-state index in [1.807, 2.05) is 0 Å². The number of ether oxygens (including phenoxy) is 2. The van der Waals surface area contributed by atoms with E-state index in [9.17, 15) is 19.2 Å². The van der Waals surface area contributed by atoms with Crippen molar-refractivity contribution >= 4 is 35.1 Å². The van der Waals surface area contributed by atoms with Crippen molar-refractivity contribution in [3.05, 3.63) is 96.1 Å². The summed E-state index contributed by atoms with van der Waals surface area (Å²) in [5, 5.41) is 5.40. The highest BCUT2D eigenvalue weighted by Crippen LogP contribution is 2.24. The van der Waals surface area contributed by atoms with Gasteiger partial charge in [0.25, 0.3) is 11.8 Å². The van der Waals surface area contributed by atoms with Crippen LogP contribution in [0.4, 0.5) is 11.4 Å². The molecule has 8 heteroatoms. The number of rotatable bonds is 8. The van der Waals surface area contributed by atoms with Gasteiger partial charge in [-0.05, 0) is 18.2 Å². The molecule has 8 nitrogen and oxygen atoms in total. The molecule has 0 saturated heterocycles. The van der Waals surface area contributed by atoms with E-state index in [0.29, 0.717) is 22.5 Å². The molecular formula is C26H24N2O6. The Morgan fingerprint density at radius 3 is 1.32 bits per heavy atom. The summed E-state index contributed by atoms with van der Waals surface area (Å²) in [6.07, 6.45) is -2.27. The number of benzene rings is 3. The fourth-order valence-electron chi connectivity index (χ4n) is 3.22. The predicted octanol–water partition coefficient (Wildman–Crippen LogP) is 4.17. The minimum absolute atomic E-state index is 0.375. The van der Waals surface area contributed by atoms with Crippen LogP contribution in [-0.4, -0.2) is 23.8 Å². The van der Waals surface area contributed by atoms with Crippen molar-refractivity contribution in [3.63, 3.8) is 0 Å². The molecule has 2 atom stereocenters. The molecule has 0 aliphatic heterocycles. The fraction of sp³-hybridized carbons (Fsp3) is 0.154. The Morgan fingerprint density at radius 1 is 0.588 bits per heavy atom. The van der Waals surface area contributed by atoms with Crippen LogP contribution in [0.1, 0.15) is 37.2 Å². The molecule has 0 bridgehead atoms. The maximum atomic E-state index is 12.9. The van der Waals surface area contributed by atoms with Crippen molar-refractivity contribution in [2.24, 2.45) is 0 Å². The van der Waals surface area contributed by atoms with E-state index >= 15 is 0 Å². The summed E-state index contributed by atoms with van der Waals surface area (Å²) in [6.45, 7) is 2.46. The monoisotopic (exact) mass is 460 g/mol. The molecule has 0 aromatic heterocycles. The van der Waals surface area contributed by atoms with Gasteiger partial charge in [0, 0.05) is 36.3 Å². The molecule has 0 radical (unpaired) electrons. The molecule has 2 unspecified atom stereocenters. The first kappa shape index (κ1) is 24.2. The van der Waals surface area contributed by atoms with Crippen molar-refractivity contribution in [3.8, 4) is 0 Å². The van der Waals surface area contributed by atoms with Crippen molar-refractivity contribution in [1.29, 1.82) is 0 Å². The van der Waals surface area contributed by atoms with Gasteiger partial charge in [-0.25, -0.2) is 0 Å². The summed E-state index contributed by atoms with van der Waals surface area (Å²) in [4.78, 5) is 48.8. The number of hydrogen-bond donors (Lipinski definition) is 2. The second-order valence-electron chi connectivity index (χ2n) is 7.36. The van der Waals surface area contributed by atoms with E-state index in [-0.39, 0.29) is 0 Å². The first-order valence-electron chi connectivity index (χ1n) is 10.5. The number of carbonyl (C=O) groups excluding carboxylic acids is 4. The Kier molecular flexibility index (Phi) is 8.12. The topological polar surface area (TPSA) is 111 Å². The van der Waals surface area contributed by atoms with Gasteiger partial charge in [-0.3, -0.25) is 19.2 Å². The van der Waals surface area contributed by atoms with Crippen LogP contribution in [0.2, 0.25) is 0 Å². The molecule has 0 aliphatic rings. The van der Waals surface area contributed by atoms with Crippen LogP contribution in [0, 0.1) is 0 Å². The highest BCUT2D eigenvalue weighted by Gasteiger charge is 2.25. The molecule has 3 aromatic carbocycles. The number of nitrogens with one attached hydrogen (secondary N) is 2. The summed E-state index contributed by atoms with van der Waals surface area (Å²) in [6, 6.07) is 23.7. The first-order chi connectivity index (χ1) is 16.3. The second-order valence-corrected chi connectivity index (χ2v) is 7.36. The average molecular weight is 460 g/mol. The van der Waals surface area contributed by atoms with Crippen LogP contribution in [0.15, 0.2) is 84.9 Å². The van der Waals surface area contributed by atoms with Gasteiger partial charge < -0.3 is 20.1 Å². The molecule has 34 heavy (non-hydrogen) atoms. The van der Waals surface area contributed by atoms with Crippen LogP contribution in [0.3, 0.4) is 0 Å². The van der Waals surface area contributed by atoms with Crippen molar-refractivity contribution < 1.29 is 28.7 Å². The quantitative estimate of drug-likeness (QED) is 0.488. The van der Waals surface area contributed by atoms with E-state index in [2.05, 4.69) is 10.6 Å². The summed E-state index contributed by atoms with van der Waals surface area (Å²) in [7, 11) is 0. The standard InChI is InChI=1S/C26H24N2O6/c1-17(29)33-23(19-10-5-3-6-11-19)25(31)27-21-14-9-15-22(16-21)28-26(32)24(34-18(2)30)20-12-7-4-8-13-20/h3-16,23-24H,1-2H3,(H,27,31)(H,28,32). The zero-order valence-electron chi connectivity index (χ0n) is 18.7. The lowest BCUT2D eigenvalue weighted by molar-refractivity contribution is -0.152. The van der Waals surface area contributed by atoms with E-state index in [0.717, 1.165) is 0 Å². The molecule has 0 saturated carbocycles. The molecule has 0 heterocycles. The molecule has 3 rings (SSSR count). The smallest absolute Gasteiger partial charge is 0.303 e. The second kappa shape index (κ2) is 11.4. The van der Waals surface area contributed by atoms with Gasteiger partial charge in [0.15, 0.2) is 0 Å². The Balaban J connectivity index is 1.75. The molecule has 0 aliphatic carbocycles. The lowest BCUT2D eigenvalue weighted by atomic mass is 10.1. The van der Waals surface area contributed by atoms with Gasteiger partial charge in [0.2, 0.25) is 12.2 Å². The van der Waals surface area contributed by atoms with Gasteiger partial charge in [0.05, 0.1) is 0 Å². The van der Waals surface area contributed by atoms with Crippen molar-refractivity contribution in [2.75, 3.05) is 10.6 Å². The third-order valence-electron chi connectivity index (χ3n) is 4.65. The molecule has 2 N–H and O–H groups in total. The normalized spacial score (nSPS) is 12.1. The largest absolute Gasteiger partial charge is 0.447 e. The third kappa shape index (κ3) is 6.77. The molecular weight excluding hydrogens is 436 g/mol. The Morgan fingerprint density at radius 2 is 0.971 bits per heavy atom. The van der Waals surface area contributed by atoms with Gasteiger partial charge >= 0.3 is 11.9 Å². The molecule has 3 aromatic rings. The van der Waals surface area contributed by atoms with Crippen LogP contribution >= 0.6 is 0 Å². The third-order valence-corrected chi connectivity index (χ3v) is 4.65. The van der Waals surface area contributed by atoms with E-state index in [1.54, 1.807) is 84.9 Å². The maximum Gasteiger partial charge on any atom is 0.303 e. The van der Waals surface area contributed by atoms with Crippen LogP contribution in [-0.2, 0) is 28.7 Å². The van der Waals surface area contributed by atoms with Crippen molar-refractivity contribution in [1.82, 2.24) is 0 Å². The van der Waals surface area contributed by atoms with Gasteiger partial charge in [-0.1, -0.05) is 66.7 Å². The number of hydrogen-bond acceptors (Lipinski definition) is 6. The SMILES string of the molecule is CC(=O)OC(C(=O)Nc1cccc(NC(=O)C(OC(C)=O)c2ccccc2)c1)c1ccccc1. The van der Waals surface area contributed by atoms with Crippen LogP contribution < -0.4 is 10.6 Å². The fourth-order valence-corrected chi connectivity index (χ4v) is 3.22. The van der Waals surface area contributed by atoms with Gasteiger partial charge in [-0.2, -0.15) is 0 Å². The first-order valence-corrected chi connectivity index (χ1v) is 10.5. The van der Waals surface area contributed by atoms with Crippen LogP contribution in [0.5, 0.6) is 0 Å². The lowest BCUT2D eigenvalue weighted by Gasteiger charge is -2.19. The van der Waals surface area contributed by atoms with E-state index in [1.165, 1.54) is 13.8 Å².